The van der Waals surface area contributed by atoms with E-state index in [2.05, 4.69) is 0 Å². The summed E-state index contributed by atoms with van der Waals surface area (Å²) in [5, 5.41) is 29.6. The van der Waals surface area contributed by atoms with E-state index in [1.165, 1.54) is 6.92 Å². The van der Waals surface area contributed by atoms with Crippen molar-refractivity contribution in [1.82, 2.24) is 0 Å². The van der Waals surface area contributed by atoms with Gasteiger partial charge in [0.25, 0.3) is 0 Å². The van der Waals surface area contributed by atoms with Gasteiger partial charge in [0.05, 0.1) is 30.7 Å². The zero-order chi connectivity index (χ0) is 10.6. The number of hydrogen-bond acceptors (Lipinski definition) is 5. The molecular weight excluding hydrogens is 188 g/mol. The van der Waals surface area contributed by atoms with Crippen molar-refractivity contribution in [3.8, 4) is 0 Å². The highest BCUT2D eigenvalue weighted by molar-refractivity contribution is 5.72. The third kappa shape index (κ3) is 1.16. The van der Waals surface area contributed by atoms with Crippen LogP contribution in [0.5, 0.6) is 0 Å². The molecule has 0 spiro atoms. The number of aliphatic hydroxyl groups excluding tert-OH is 1. The quantitative estimate of drug-likeness (QED) is 0.429. The van der Waals surface area contributed by atoms with E-state index < -0.39 is 29.2 Å². The molecule has 0 radical (unpaired) electrons. The first kappa shape index (κ1) is 9.89. The monoisotopic (exact) mass is 202 g/mol. The molecule has 14 heavy (non-hydrogen) atoms. The van der Waals surface area contributed by atoms with E-state index in [1.807, 2.05) is 0 Å². The fraction of sp³-hybridized carbons (Fsp3) is 0.889. The first-order valence-corrected chi connectivity index (χ1v) is 4.65. The molecule has 1 aliphatic heterocycles. The van der Waals surface area contributed by atoms with Crippen LogP contribution in [0.1, 0.15) is 19.8 Å². The predicted molar refractivity (Wildman–Crippen MR) is 45.3 cm³/mol. The van der Waals surface area contributed by atoms with E-state index in [0.29, 0.717) is 0 Å². The maximum absolute atomic E-state index is 11.0. The van der Waals surface area contributed by atoms with E-state index in [4.69, 9.17) is 4.74 Å². The second-order valence-corrected chi connectivity index (χ2v) is 4.48. The van der Waals surface area contributed by atoms with Crippen LogP contribution in [-0.2, 0) is 9.53 Å². The number of fused-ring (bicyclic) bond motifs is 1. The second kappa shape index (κ2) is 2.68. The van der Waals surface area contributed by atoms with Crippen LogP contribution in [0, 0.1) is 5.92 Å². The van der Waals surface area contributed by atoms with Gasteiger partial charge in [-0.15, -0.1) is 0 Å². The van der Waals surface area contributed by atoms with Crippen LogP contribution in [0.15, 0.2) is 0 Å². The molecular formula is C9H14O5. The topological polar surface area (TPSA) is 87.0 Å². The molecule has 2 aliphatic rings. The summed E-state index contributed by atoms with van der Waals surface area (Å²) in [5.74, 6) is -1.12. The van der Waals surface area contributed by atoms with Crippen molar-refractivity contribution in [3.63, 3.8) is 0 Å². The van der Waals surface area contributed by atoms with Crippen molar-refractivity contribution in [3.05, 3.63) is 0 Å². The van der Waals surface area contributed by atoms with Gasteiger partial charge < -0.3 is 20.1 Å². The van der Waals surface area contributed by atoms with Crippen LogP contribution in [0.25, 0.3) is 0 Å². The normalized spacial score (nSPS) is 52.7. The molecule has 0 aromatic heterocycles. The van der Waals surface area contributed by atoms with Crippen LogP contribution in [0.3, 0.4) is 0 Å². The lowest BCUT2D eigenvalue weighted by atomic mass is 9.80. The first-order valence-electron chi connectivity index (χ1n) is 4.65. The summed E-state index contributed by atoms with van der Waals surface area (Å²) in [6.45, 7) is 1.51. The van der Waals surface area contributed by atoms with Crippen molar-refractivity contribution in [2.75, 3.05) is 6.61 Å². The highest BCUT2D eigenvalue weighted by Crippen LogP contribution is 2.47. The van der Waals surface area contributed by atoms with Crippen LogP contribution in [-0.4, -0.2) is 45.2 Å². The number of esters is 1. The van der Waals surface area contributed by atoms with Gasteiger partial charge in [0.1, 0.15) is 5.60 Å². The number of cyclic esters (lactones) is 1. The van der Waals surface area contributed by atoms with E-state index in [-0.39, 0.29) is 19.4 Å². The number of ether oxygens (including phenoxy) is 1. The fourth-order valence-electron chi connectivity index (χ4n) is 2.50. The van der Waals surface area contributed by atoms with Gasteiger partial charge >= 0.3 is 5.97 Å². The molecule has 0 bridgehead atoms. The summed E-state index contributed by atoms with van der Waals surface area (Å²) in [6.07, 6.45) is -1.23. The molecule has 0 aromatic rings. The Morgan fingerprint density at radius 3 is 2.79 bits per heavy atom. The highest BCUT2D eigenvalue weighted by atomic mass is 16.5. The van der Waals surface area contributed by atoms with E-state index >= 15 is 0 Å². The summed E-state index contributed by atoms with van der Waals surface area (Å²) in [4.78, 5) is 11.0. The van der Waals surface area contributed by atoms with Crippen molar-refractivity contribution in [2.45, 2.75) is 37.1 Å². The summed E-state index contributed by atoms with van der Waals surface area (Å²) in [5.41, 5.74) is -2.69. The van der Waals surface area contributed by atoms with E-state index in [9.17, 15) is 20.1 Å². The zero-order valence-electron chi connectivity index (χ0n) is 7.93. The molecule has 0 amide bonds. The van der Waals surface area contributed by atoms with Gasteiger partial charge in [-0.1, -0.05) is 0 Å². The average Bonchev–Trinajstić information content (AvgIpc) is 2.17. The average molecular weight is 202 g/mol. The van der Waals surface area contributed by atoms with Gasteiger partial charge in [-0.25, -0.2) is 0 Å². The minimum absolute atomic E-state index is 0.0284. The minimum atomic E-state index is -1.52. The van der Waals surface area contributed by atoms with Gasteiger partial charge in [-0.2, -0.15) is 0 Å². The molecule has 80 valence electrons. The van der Waals surface area contributed by atoms with Crippen LogP contribution < -0.4 is 0 Å². The SMILES string of the molecule is C[C@]1(O)CC(O)[C@]2(O)CC(=O)OC[C@H]12. The maximum atomic E-state index is 11.0. The first-order chi connectivity index (χ1) is 6.36. The zero-order valence-corrected chi connectivity index (χ0v) is 7.93. The molecule has 1 aliphatic carbocycles. The Bertz CT molecular complexity index is 274. The number of rotatable bonds is 0. The number of carbonyl (C=O) groups is 1. The van der Waals surface area contributed by atoms with E-state index in [0.717, 1.165) is 0 Å². The van der Waals surface area contributed by atoms with E-state index in [1.54, 1.807) is 0 Å². The van der Waals surface area contributed by atoms with Gasteiger partial charge in [0.2, 0.25) is 0 Å². The van der Waals surface area contributed by atoms with Gasteiger partial charge in [0, 0.05) is 6.42 Å². The molecule has 1 saturated heterocycles. The molecule has 1 heterocycles. The Morgan fingerprint density at radius 2 is 2.14 bits per heavy atom. The molecule has 4 atom stereocenters. The van der Waals surface area contributed by atoms with Crippen LogP contribution >= 0.6 is 0 Å². The predicted octanol–water partition coefficient (Wildman–Crippen LogP) is -1.20. The molecule has 2 fully saturated rings. The lowest BCUT2D eigenvalue weighted by Crippen LogP contribution is -2.53. The highest BCUT2D eigenvalue weighted by Gasteiger charge is 2.62. The third-order valence-corrected chi connectivity index (χ3v) is 3.38. The Kier molecular flexibility index (Phi) is 1.90. The fourth-order valence-corrected chi connectivity index (χ4v) is 2.50. The maximum Gasteiger partial charge on any atom is 0.308 e. The summed E-state index contributed by atoms with van der Waals surface area (Å²) >= 11 is 0. The van der Waals surface area contributed by atoms with Crippen molar-refractivity contribution < 1.29 is 24.9 Å². The Hall–Kier alpha value is -0.650. The molecule has 5 heteroatoms. The molecule has 3 N–H and O–H groups in total. The van der Waals surface area contributed by atoms with Gasteiger partial charge in [-0.3, -0.25) is 4.79 Å². The number of hydrogen-bond donors (Lipinski definition) is 3. The molecule has 5 nitrogen and oxygen atoms in total. The van der Waals surface area contributed by atoms with Crippen molar-refractivity contribution in [1.29, 1.82) is 0 Å². The molecule has 2 rings (SSSR count). The lowest BCUT2D eigenvalue weighted by molar-refractivity contribution is -0.186. The molecule has 0 aromatic carbocycles. The number of carbonyl (C=O) groups excluding carboxylic acids is 1. The Labute approximate surface area is 81.3 Å². The van der Waals surface area contributed by atoms with Crippen molar-refractivity contribution in [2.24, 2.45) is 5.92 Å². The Balaban J connectivity index is 2.33. The number of aliphatic hydroxyl groups is 3. The molecule has 1 saturated carbocycles. The summed E-state index contributed by atoms with van der Waals surface area (Å²) in [7, 11) is 0. The lowest BCUT2D eigenvalue weighted by Gasteiger charge is -2.38. The third-order valence-electron chi connectivity index (χ3n) is 3.38. The van der Waals surface area contributed by atoms with Gasteiger partial charge in [0.15, 0.2) is 0 Å². The van der Waals surface area contributed by atoms with Gasteiger partial charge in [-0.05, 0) is 6.92 Å². The second-order valence-electron chi connectivity index (χ2n) is 4.48. The summed E-state index contributed by atoms with van der Waals surface area (Å²) < 4.78 is 4.77. The van der Waals surface area contributed by atoms with Crippen molar-refractivity contribution >= 4 is 5.97 Å². The Morgan fingerprint density at radius 1 is 1.50 bits per heavy atom. The van der Waals surface area contributed by atoms with Crippen LogP contribution in [0.4, 0.5) is 0 Å². The summed E-state index contributed by atoms with van der Waals surface area (Å²) in [6, 6.07) is 0. The smallest absolute Gasteiger partial charge is 0.308 e. The van der Waals surface area contributed by atoms with Crippen LogP contribution in [0.2, 0.25) is 0 Å². The minimum Gasteiger partial charge on any atom is -0.465 e. The standard InChI is InChI=1S/C9H14O5/c1-8(12)2-6(10)9(13)3-7(11)14-4-5(8)9/h5-6,10,12-13H,2-4H2,1H3/t5-,6?,8+,9+/m1/s1. The molecule has 1 unspecified atom stereocenters. The largest absolute Gasteiger partial charge is 0.465 e.